The summed E-state index contributed by atoms with van der Waals surface area (Å²) in [5.74, 6) is -1.18. The van der Waals surface area contributed by atoms with Crippen LogP contribution in [0, 0.1) is 0 Å². The molecule has 104 valence electrons. The van der Waals surface area contributed by atoms with Gasteiger partial charge in [0, 0.05) is 24.4 Å². The zero-order valence-corrected chi connectivity index (χ0v) is 11.6. The second-order valence-electron chi connectivity index (χ2n) is 4.59. The minimum Gasteiger partial charge on any atom is -0.478 e. The average molecular weight is 283 g/mol. The van der Waals surface area contributed by atoms with Gasteiger partial charge in [0.15, 0.2) is 5.76 Å². The number of carbonyl (C=O) groups excluding carboxylic acids is 1. The summed E-state index contributed by atoms with van der Waals surface area (Å²) in [5, 5.41) is 9.42. The Balaban J connectivity index is 2.04. The fourth-order valence-electron chi connectivity index (χ4n) is 2.22. The summed E-state index contributed by atoms with van der Waals surface area (Å²) < 4.78 is 5.06. The number of carbonyl (C=O) groups is 2. The van der Waals surface area contributed by atoms with Crippen molar-refractivity contribution in [3.05, 3.63) is 23.7 Å². The third-order valence-corrected chi connectivity index (χ3v) is 4.49. The first-order chi connectivity index (χ1) is 9.11. The number of thioether (sulfide) groups is 1. The zero-order chi connectivity index (χ0) is 13.8. The smallest absolute Gasteiger partial charge is 0.338 e. The zero-order valence-electron chi connectivity index (χ0n) is 10.8. The number of hydrogen-bond donors (Lipinski definition) is 1. The fraction of sp³-hybridized carbons (Fsp3) is 0.538. The molecule has 0 aromatic carbocycles. The third-order valence-electron chi connectivity index (χ3n) is 3.35. The van der Waals surface area contributed by atoms with Crippen LogP contribution in [0.25, 0.3) is 0 Å². The molecule has 1 amide bonds. The summed E-state index contributed by atoms with van der Waals surface area (Å²) in [4.78, 5) is 24.7. The first-order valence-corrected chi connectivity index (χ1v) is 7.54. The Morgan fingerprint density at radius 2 is 2.21 bits per heavy atom. The Kier molecular flexibility index (Phi) is 4.52. The summed E-state index contributed by atoms with van der Waals surface area (Å²) in [6.07, 6.45) is 6.26. The quantitative estimate of drug-likeness (QED) is 0.922. The lowest BCUT2D eigenvalue weighted by Crippen LogP contribution is -2.31. The molecule has 1 aliphatic rings. The van der Waals surface area contributed by atoms with E-state index in [1.807, 2.05) is 11.8 Å². The van der Waals surface area contributed by atoms with Gasteiger partial charge >= 0.3 is 5.97 Å². The molecule has 0 bridgehead atoms. The Morgan fingerprint density at radius 3 is 2.84 bits per heavy atom. The molecular formula is C13H17NO4S. The van der Waals surface area contributed by atoms with Crippen LogP contribution in [0.5, 0.6) is 0 Å². The van der Waals surface area contributed by atoms with Crippen LogP contribution in [-0.2, 0) is 0 Å². The highest BCUT2D eigenvalue weighted by Crippen LogP contribution is 2.22. The number of nitrogens with zero attached hydrogens (tertiary/aromatic N) is 1. The predicted molar refractivity (Wildman–Crippen MR) is 72.7 cm³/mol. The molecule has 0 aliphatic carbocycles. The number of furan rings is 1. The standard InChI is InChI=1S/C13H17NO4S/c1-19-10-3-2-5-14(6-4-10)12(15)11-7-9(8-18-11)13(16)17/h7-8,10H,2-6H2,1H3,(H,16,17). The molecule has 0 spiro atoms. The Bertz CT molecular complexity index is 471. The molecule has 1 unspecified atom stereocenters. The highest BCUT2D eigenvalue weighted by molar-refractivity contribution is 7.99. The molecule has 0 radical (unpaired) electrons. The lowest BCUT2D eigenvalue weighted by Gasteiger charge is -2.18. The monoisotopic (exact) mass is 283 g/mol. The van der Waals surface area contributed by atoms with Crippen LogP contribution in [0.15, 0.2) is 16.7 Å². The molecular weight excluding hydrogens is 266 g/mol. The van der Waals surface area contributed by atoms with E-state index in [-0.39, 0.29) is 17.2 Å². The molecule has 0 saturated carbocycles. The van der Waals surface area contributed by atoms with Crippen LogP contribution in [0.2, 0.25) is 0 Å². The summed E-state index contributed by atoms with van der Waals surface area (Å²) in [6, 6.07) is 1.29. The number of hydrogen-bond acceptors (Lipinski definition) is 4. The van der Waals surface area contributed by atoms with Gasteiger partial charge in [0.2, 0.25) is 0 Å². The third kappa shape index (κ3) is 3.32. The van der Waals surface area contributed by atoms with Gasteiger partial charge in [-0.15, -0.1) is 0 Å². The fourth-order valence-corrected chi connectivity index (χ4v) is 2.96. The molecule has 1 aliphatic heterocycles. The van der Waals surface area contributed by atoms with Crippen LogP contribution in [0.4, 0.5) is 0 Å². The number of rotatable bonds is 3. The topological polar surface area (TPSA) is 70.8 Å². The summed E-state index contributed by atoms with van der Waals surface area (Å²) >= 11 is 1.84. The molecule has 19 heavy (non-hydrogen) atoms. The molecule has 1 fully saturated rings. The summed E-state index contributed by atoms with van der Waals surface area (Å²) in [5.41, 5.74) is 0.0140. The van der Waals surface area contributed by atoms with Crippen LogP contribution in [0.1, 0.15) is 40.2 Å². The van der Waals surface area contributed by atoms with E-state index in [9.17, 15) is 9.59 Å². The lowest BCUT2D eigenvalue weighted by molar-refractivity contribution is 0.0694. The van der Waals surface area contributed by atoms with E-state index in [4.69, 9.17) is 9.52 Å². The van der Waals surface area contributed by atoms with Crippen molar-refractivity contribution in [1.29, 1.82) is 0 Å². The van der Waals surface area contributed by atoms with Crippen LogP contribution < -0.4 is 0 Å². The molecule has 5 nitrogen and oxygen atoms in total. The van der Waals surface area contributed by atoms with Crippen molar-refractivity contribution in [3.63, 3.8) is 0 Å². The molecule has 2 rings (SSSR count). The van der Waals surface area contributed by atoms with Crippen molar-refractivity contribution in [2.75, 3.05) is 19.3 Å². The van der Waals surface area contributed by atoms with Crippen molar-refractivity contribution in [1.82, 2.24) is 4.90 Å². The van der Waals surface area contributed by atoms with Gasteiger partial charge in [-0.05, 0) is 25.5 Å². The summed E-state index contributed by atoms with van der Waals surface area (Å²) in [7, 11) is 0. The molecule has 1 atom stereocenters. The normalized spacial score (nSPS) is 20.1. The number of amides is 1. The van der Waals surface area contributed by atoms with Gasteiger partial charge in [-0.3, -0.25) is 4.79 Å². The van der Waals surface area contributed by atoms with E-state index in [1.165, 1.54) is 6.07 Å². The van der Waals surface area contributed by atoms with E-state index in [2.05, 4.69) is 6.26 Å². The number of aromatic carboxylic acids is 1. The number of likely N-dealkylation sites (tertiary alicyclic amines) is 1. The summed E-state index contributed by atoms with van der Waals surface area (Å²) in [6.45, 7) is 1.41. The largest absolute Gasteiger partial charge is 0.478 e. The van der Waals surface area contributed by atoms with E-state index in [0.29, 0.717) is 18.3 Å². The maximum atomic E-state index is 12.2. The molecule has 1 aromatic heterocycles. The minimum absolute atomic E-state index is 0.0140. The number of carboxylic acid groups (broad SMARTS) is 1. The number of carboxylic acids is 1. The Hall–Kier alpha value is -1.43. The van der Waals surface area contributed by atoms with Crippen molar-refractivity contribution < 1.29 is 19.1 Å². The molecule has 1 saturated heterocycles. The van der Waals surface area contributed by atoms with Gasteiger partial charge in [0.05, 0.1) is 5.56 Å². The highest BCUT2D eigenvalue weighted by atomic mass is 32.2. The predicted octanol–water partition coefficient (Wildman–Crippen LogP) is 2.34. The van der Waals surface area contributed by atoms with Gasteiger partial charge in [-0.1, -0.05) is 0 Å². The minimum atomic E-state index is -1.08. The van der Waals surface area contributed by atoms with Crippen molar-refractivity contribution in [2.45, 2.75) is 24.5 Å². The van der Waals surface area contributed by atoms with Crippen LogP contribution in [-0.4, -0.2) is 46.5 Å². The first kappa shape index (κ1) is 14.0. The molecule has 1 aromatic rings. The van der Waals surface area contributed by atoms with Gasteiger partial charge in [0.25, 0.3) is 5.91 Å². The Labute approximate surface area is 116 Å². The molecule has 1 N–H and O–H groups in total. The second-order valence-corrected chi connectivity index (χ2v) is 5.72. The van der Waals surface area contributed by atoms with Crippen molar-refractivity contribution >= 4 is 23.6 Å². The first-order valence-electron chi connectivity index (χ1n) is 6.25. The van der Waals surface area contributed by atoms with E-state index in [1.54, 1.807) is 4.90 Å². The molecule has 2 heterocycles. The van der Waals surface area contributed by atoms with Crippen LogP contribution in [0.3, 0.4) is 0 Å². The average Bonchev–Trinajstić information content (AvgIpc) is 2.77. The lowest BCUT2D eigenvalue weighted by atomic mass is 10.2. The van der Waals surface area contributed by atoms with Gasteiger partial charge in [0.1, 0.15) is 6.26 Å². The maximum Gasteiger partial charge on any atom is 0.338 e. The van der Waals surface area contributed by atoms with Gasteiger partial charge in [-0.2, -0.15) is 11.8 Å². The van der Waals surface area contributed by atoms with Crippen molar-refractivity contribution in [3.8, 4) is 0 Å². The van der Waals surface area contributed by atoms with E-state index >= 15 is 0 Å². The molecule has 6 heteroatoms. The highest BCUT2D eigenvalue weighted by Gasteiger charge is 2.24. The van der Waals surface area contributed by atoms with E-state index < -0.39 is 5.97 Å². The van der Waals surface area contributed by atoms with Crippen molar-refractivity contribution in [2.24, 2.45) is 0 Å². The SMILES string of the molecule is CSC1CCCN(C(=O)c2cc(C(=O)O)co2)CC1. The van der Waals surface area contributed by atoms with E-state index in [0.717, 1.165) is 25.5 Å². The maximum absolute atomic E-state index is 12.2. The van der Waals surface area contributed by atoms with Gasteiger partial charge in [-0.25, -0.2) is 4.79 Å². The second kappa shape index (κ2) is 6.14. The van der Waals surface area contributed by atoms with Gasteiger partial charge < -0.3 is 14.4 Å². The van der Waals surface area contributed by atoms with Crippen LogP contribution >= 0.6 is 11.8 Å². The Morgan fingerprint density at radius 1 is 1.42 bits per heavy atom.